The van der Waals surface area contributed by atoms with Crippen LogP contribution in [-0.2, 0) is 6.54 Å². The van der Waals surface area contributed by atoms with Crippen molar-refractivity contribution in [3.63, 3.8) is 0 Å². The van der Waals surface area contributed by atoms with Crippen LogP contribution >= 0.6 is 11.6 Å². The summed E-state index contributed by atoms with van der Waals surface area (Å²) in [7, 11) is 0. The monoisotopic (exact) mass is 264 g/mol. The van der Waals surface area contributed by atoms with Gasteiger partial charge in [0.15, 0.2) is 0 Å². The van der Waals surface area contributed by atoms with Gasteiger partial charge in [0.25, 0.3) is 5.56 Å². The van der Waals surface area contributed by atoms with Gasteiger partial charge in [-0.1, -0.05) is 35.9 Å². The highest BCUT2D eigenvalue weighted by Crippen LogP contribution is 2.08. The van der Waals surface area contributed by atoms with Gasteiger partial charge in [-0.25, -0.2) is 4.79 Å². The molecular formula is C13H13ClN2O2. The molecule has 0 aliphatic rings. The molecular weight excluding hydrogens is 252 g/mol. The third-order valence-electron chi connectivity index (χ3n) is 2.95. The van der Waals surface area contributed by atoms with Gasteiger partial charge in [0, 0.05) is 5.56 Å². The molecule has 0 unspecified atom stereocenters. The van der Waals surface area contributed by atoms with Gasteiger partial charge in [-0.3, -0.25) is 14.3 Å². The van der Waals surface area contributed by atoms with Crippen molar-refractivity contribution in [1.82, 2.24) is 9.55 Å². The Morgan fingerprint density at radius 3 is 2.56 bits per heavy atom. The second kappa shape index (κ2) is 4.82. The average Bonchev–Trinajstić information content (AvgIpc) is 2.34. The molecule has 0 fully saturated rings. The largest absolute Gasteiger partial charge is 0.329 e. The Bertz CT molecular complexity index is 701. The van der Waals surface area contributed by atoms with Crippen molar-refractivity contribution in [3.05, 3.63) is 66.9 Å². The maximum Gasteiger partial charge on any atom is 0.329 e. The highest BCUT2D eigenvalue weighted by molar-refractivity contribution is 6.30. The molecule has 0 saturated carbocycles. The predicted octanol–water partition coefficient (Wildman–Crippen LogP) is 1.86. The van der Waals surface area contributed by atoms with E-state index in [4.69, 9.17) is 11.6 Å². The highest BCUT2D eigenvalue weighted by Gasteiger charge is 2.09. The smallest absolute Gasteiger partial charge is 0.297 e. The molecule has 0 aliphatic carbocycles. The number of benzene rings is 1. The van der Waals surface area contributed by atoms with Crippen LogP contribution in [0.4, 0.5) is 0 Å². The van der Waals surface area contributed by atoms with Gasteiger partial charge in [0.1, 0.15) is 5.15 Å². The summed E-state index contributed by atoms with van der Waals surface area (Å²) >= 11 is 5.76. The lowest BCUT2D eigenvalue weighted by molar-refractivity contribution is 0.689. The molecule has 0 spiro atoms. The molecule has 0 radical (unpaired) electrons. The van der Waals surface area contributed by atoms with Gasteiger partial charge in [-0.15, -0.1) is 0 Å². The molecule has 0 aliphatic heterocycles. The number of aromatic amines is 1. The summed E-state index contributed by atoms with van der Waals surface area (Å²) < 4.78 is 1.16. The Labute approximate surface area is 109 Å². The second-order valence-corrected chi connectivity index (χ2v) is 4.56. The van der Waals surface area contributed by atoms with E-state index in [1.54, 1.807) is 6.92 Å². The number of nitrogens with one attached hydrogen (secondary N) is 1. The van der Waals surface area contributed by atoms with Gasteiger partial charge >= 0.3 is 5.69 Å². The van der Waals surface area contributed by atoms with E-state index in [1.807, 2.05) is 31.2 Å². The minimum Gasteiger partial charge on any atom is -0.297 e. The van der Waals surface area contributed by atoms with Gasteiger partial charge in [0.2, 0.25) is 0 Å². The SMILES string of the molecule is Cc1ccccc1Cn1c(=O)[nH]c(Cl)c(C)c1=O. The Kier molecular flexibility index (Phi) is 3.39. The number of halogens is 1. The molecule has 5 heteroatoms. The Morgan fingerprint density at radius 1 is 1.22 bits per heavy atom. The van der Waals surface area contributed by atoms with E-state index in [0.29, 0.717) is 5.56 Å². The molecule has 2 rings (SSSR count). The van der Waals surface area contributed by atoms with Gasteiger partial charge in [0.05, 0.1) is 6.54 Å². The number of rotatable bonds is 2. The van der Waals surface area contributed by atoms with Crippen molar-refractivity contribution < 1.29 is 0 Å². The van der Waals surface area contributed by atoms with Crippen molar-refractivity contribution in [3.8, 4) is 0 Å². The molecule has 1 aromatic heterocycles. The molecule has 4 nitrogen and oxygen atoms in total. The van der Waals surface area contributed by atoms with Gasteiger partial charge < -0.3 is 0 Å². The first kappa shape index (κ1) is 12.6. The summed E-state index contributed by atoms with van der Waals surface area (Å²) in [6.45, 7) is 3.78. The molecule has 2 aromatic rings. The number of aromatic nitrogens is 2. The summed E-state index contributed by atoms with van der Waals surface area (Å²) in [5.41, 5.74) is 1.49. The summed E-state index contributed by atoms with van der Waals surface area (Å²) in [4.78, 5) is 26.2. The fourth-order valence-electron chi connectivity index (χ4n) is 1.75. The summed E-state index contributed by atoms with van der Waals surface area (Å²) in [5.74, 6) is 0. The molecule has 0 saturated heterocycles. The molecule has 1 N–H and O–H groups in total. The van der Waals surface area contributed by atoms with Crippen molar-refractivity contribution in [1.29, 1.82) is 0 Å². The maximum atomic E-state index is 12.0. The van der Waals surface area contributed by atoms with E-state index in [1.165, 1.54) is 0 Å². The third-order valence-corrected chi connectivity index (χ3v) is 3.32. The van der Waals surface area contributed by atoms with Crippen LogP contribution < -0.4 is 11.2 Å². The van der Waals surface area contributed by atoms with Crippen LogP contribution in [0.25, 0.3) is 0 Å². The standard InChI is InChI=1S/C13H13ClN2O2/c1-8-5-3-4-6-10(8)7-16-12(17)9(2)11(14)15-13(16)18/h3-6H,7H2,1-2H3,(H,15,18). The van der Waals surface area contributed by atoms with Crippen LogP contribution in [0, 0.1) is 13.8 Å². The maximum absolute atomic E-state index is 12.0. The van der Waals surface area contributed by atoms with E-state index in [9.17, 15) is 9.59 Å². The van der Waals surface area contributed by atoms with Crippen LogP contribution in [0.5, 0.6) is 0 Å². The summed E-state index contributed by atoms with van der Waals surface area (Å²) in [5, 5.41) is 0.103. The molecule has 0 amide bonds. The first-order valence-electron chi connectivity index (χ1n) is 5.54. The normalized spacial score (nSPS) is 10.6. The molecule has 18 heavy (non-hydrogen) atoms. The van der Waals surface area contributed by atoms with E-state index in [0.717, 1.165) is 15.7 Å². The molecule has 0 atom stereocenters. The van der Waals surface area contributed by atoms with Crippen molar-refractivity contribution in [2.24, 2.45) is 0 Å². The average molecular weight is 265 g/mol. The third kappa shape index (κ3) is 2.24. The quantitative estimate of drug-likeness (QED) is 0.842. The van der Waals surface area contributed by atoms with Crippen molar-refractivity contribution >= 4 is 11.6 Å². The number of nitrogens with zero attached hydrogens (tertiary/aromatic N) is 1. The number of hydrogen-bond acceptors (Lipinski definition) is 2. The first-order chi connectivity index (χ1) is 8.50. The predicted molar refractivity (Wildman–Crippen MR) is 71.4 cm³/mol. The molecule has 1 heterocycles. The summed E-state index contributed by atoms with van der Waals surface area (Å²) in [6.07, 6.45) is 0. The lowest BCUT2D eigenvalue weighted by Gasteiger charge is -2.08. The van der Waals surface area contributed by atoms with Crippen LogP contribution in [0.1, 0.15) is 16.7 Å². The minimum absolute atomic E-state index is 0.103. The first-order valence-corrected chi connectivity index (χ1v) is 5.92. The van der Waals surface area contributed by atoms with Crippen LogP contribution in [0.2, 0.25) is 5.15 Å². The van der Waals surface area contributed by atoms with E-state index in [2.05, 4.69) is 4.98 Å². The lowest BCUT2D eigenvalue weighted by Crippen LogP contribution is -2.37. The second-order valence-electron chi connectivity index (χ2n) is 4.19. The van der Waals surface area contributed by atoms with Crippen molar-refractivity contribution in [2.75, 3.05) is 0 Å². The zero-order valence-corrected chi connectivity index (χ0v) is 10.9. The minimum atomic E-state index is -0.487. The zero-order chi connectivity index (χ0) is 13.3. The summed E-state index contributed by atoms with van der Waals surface area (Å²) in [6, 6.07) is 7.63. The Hall–Kier alpha value is -1.81. The number of H-pyrrole nitrogens is 1. The van der Waals surface area contributed by atoms with E-state index < -0.39 is 5.69 Å². The fourth-order valence-corrected chi connectivity index (χ4v) is 1.91. The van der Waals surface area contributed by atoms with E-state index in [-0.39, 0.29) is 17.3 Å². The van der Waals surface area contributed by atoms with Crippen molar-refractivity contribution in [2.45, 2.75) is 20.4 Å². The Balaban J connectivity index is 2.55. The molecule has 1 aromatic carbocycles. The Morgan fingerprint density at radius 2 is 1.89 bits per heavy atom. The lowest BCUT2D eigenvalue weighted by atomic mass is 10.1. The molecule has 0 bridgehead atoms. The van der Waals surface area contributed by atoms with Crippen LogP contribution in [-0.4, -0.2) is 9.55 Å². The fraction of sp³-hybridized carbons (Fsp3) is 0.231. The number of hydrogen-bond donors (Lipinski definition) is 1. The van der Waals surface area contributed by atoms with E-state index >= 15 is 0 Å². The zero-order valence-electron chi connectivity index (χ0n) is 10.2. The van der Waals surface area contributed by atoms with Gasteiger partial charge in [-0.2, -0.15) is 0 Å². The highest BCUT2D eigenvalue weighted by atomic mass is 35.5. The van der Waals surface area contributed by atoms with Gasteiger partial charge in [-0.05, 0) is 25.0 Å². The number of aryl methyl sites for hydroxylation is 1. The van der Waals surface area contributed by atoms with Crippen LogP contribution in [0.3, 0.4) is 0 Å². The van der Waals surface area contributed by atoms with Crippen LogP contribution in [0.15, 0.2) is 33.9 Å². The molecule has 94 valence electrons. The topological polar surface area (TPSA) is 54.9 Å².